The third kappa shape index (κ3) is 3.65. The van der Waals surface area contributed by atoms with Gasteiger partial charge in [-0.05, 0) is 40.9 Å². The Morgan fingerprint density at radius 2 is 2.05 bits per heavy atom. The first-order valence-electron chi connectivity index (χ1n) is 6.15. The average molecular weight is 352 g/mol. The molecule has 0 bridgehead atoms. The van der Waals surface area contributed by atoms with Crippen LogP contribution in [0.3, 0.4) is 0 Å². The van der Waals surface area contributed by atoms with Crippen molar-refractivity contribution in [3.63, 3.8) is 0 Å². The molecule has 7 heteroatoms. The summed E-state index contributed by atoms with van der Waals surface area (Å²) in [4.78, 5) is 12.0. The van der Waals surface area contributed by atoms with Gasteiger partial charge in [0.1, 0.15) is 11.9 Å². The van der Waals surface area contributed by atoms with Gasteiger partial charge in [0.05, 0.1) is 11.0 Å². The number of para-hydroxylation sites is 1. The highest BCUT2D eigenvalue weighted by atomic mass is 79.9. The van der Waals surface area contributed by atoms with Crippen molar-refractivity contribution in [3.05, 3.63) is 28.7 Å². The Morgan fingerprint density at radius 3 is 2.70 bits per heavy atom. The van der Waals surface area contributed by atoms with Crippen molar-refractivity contribution in [1.29, 1.82) is 0 Å². The molecule has 110 valence electrons. The molecule has 1 aliphatic heterocycles. The summed E-state index contributed by atoms with van der Waals surface area (Å²) >= 11 is 3.31. The van der Waals surface area contributed by atoms with Gasteiger partial charge in [0.25, 0.3) is 0 Å². The summed E-state index contributed by atoms with van der Waals surface area (Å²) in [5.41, 5.74) is 0. The Balaban J connectivity index is 2.01. The second kappa shape index (κ2) is 6.03. The number of carbonyl (C=O) groups is 1. The Kier molecular flexibility index (Phi) is 4.57. The number of likely N-dealkylation sites (tertiary alicyclic amines) is 1. The maximum absolute atomic E-state index is 12.4. The van der Waals surface area contributed by atoms with Gasteiger partial charge in [0, 0.05) is 6.54 Å². The van der Waals surface area contributed by atoms with Crippen molar-refractivity contribution < 1.29 is 22.7 Å². The molecule has 0 N–H and O–H groups in total. The molecule has 1 fully saturated rings. The number of piperidine rings is 1. The van der Waals surface area contributed by atoms with E-state index >= 15 is 0 Å². The molecule has 1 aromatic rings. The molecule has 1 atom stereocenters. The van der Waals surface area contributed by atoms with Crippen LogP contribution < -0.4 is 4.74 Å². The van der Waals surface area contributed by atoms with Crippen LogP contribution in [0.15, 0.2) is 28.7 Å². The zero-order valence-corrected chi connectivity index (χ0v) is 12.1. The van der Waals surface area contributed by atoms with E-state index in [1.54, 1.807) is 18.2 Å². The van der Waals surface area contributed by atoms with Crippen molar-refractivity contribution in [2.24, 2.45) is 0 Å². The second-order valence-corrected chi connectivity index (χ2v) is 5.42. The number of ether oxygens (including phenoxy) is 1. The highest BCUT2D eigenvalue weighted by Gasteiger charge is 2.43. The molecule has 3 nitrogen and oxygen atoms in total. The van der Waals surface area contributed by atoms with Crippen molar-refractivity contribution in [2.45, 2.75) is 25.1 Å². The van der Waals surface area contributed by atoms with Crippen LogP contribution in [-0.2, 0) is 4.79 Å². The highest BCUT2D eigenvalue weighted by Crippen LogP contribution is 2.28. The first kappa shape index (κ1) is 15.2. The molecule has 0 radical (unpaired) electrons. The molecule has 1 unspecified atom stereocenters. The number of hydrogen-bond donors (Lipinski definition) is 0. The molecule has 1 heterocycles. The van der Waals surface area contributed by atoms with E-state index in [0.29, 0.717) is 18.6 Å². The van der Waals surface area contributed by atoms with Crippen LogP contribution >= 0.6 is 15.9 Å². The molecule has 1 saturated heterocycles. The highest BCUT2D eigenvalue weighted by molar-refractivity contribution is 9.10. The van der Waals surface area contributed by atoms with Gasteiger partial charge in [-0.2, -0.15) is 13.2 Å². The van der Waals surface area contributed by atoms with E-state index in [2.05, 4.69) is 15.9 Å². The van der Waals surface area contributed by atoms with E-state index in [1.807, 2.05) is 6.07 Å². The monoisotopic (exact) mass is 351 g/mol. The van der Waals surface area contributed by atoms with Gasteiger partial charge in [-0.25, -0.2) is 0 Å². The lowest BCUT2D eigenvalue weighted by Gasteiger charge is -2.33. The van der Waals surface area contributed by atoms with Gasteiger partial charge < -0.3 is 9.64 Å². The van der Waals surface area contributed by atoms with Gasteiger partial charge in [-0.3, -0.25) is 4.79 Å². The van der Waals surface area contributed by atoms with E-state index < -0.39 is 18.2 Å². The third-order valence-corrected chi connectivity index (χ3v) is 3.69. The lowest BCUT2D eigenvalue weighted by Crippen LogP contribution is -2.49. The Morgan fingerprint density at radius 1 is 1.35 bits per heavy atom. The zero-order chi connectivity index (χ0) is 14.8. The number of nitrogens with zero attached hydrogens (tertiary/aromatic N) is 1. The summed E-state index contributed by atoms with van der Waals surface area (Å²) in [6.07, 6.45) is -4.12. The maximum Gasteiger partial charge on any atom is 0.471 e. The van der Waals surface area contributed by atoms with Gasteiger partial charge in [-0.15, -0.1) is 0 Å². The second-order valence-electron chi connectivity index (χ2n) is 4.56. The molecule has 0 saturated carbocycles. The summed E-state index contributed by atoms with van der Waals surface area (Å²) < 4.78 is 43.6. The molecule has 0 spiro atoms. The van der Waals surface area contributed by atoms with Crippen LogP contribution in [0.1, 0.15) is 12.8 Å². The number of amides is 1. The summed E-state index contributed by atoms with van der Waals surface area (Å²) in [6, 6.07) is 7.12. The lowest BCUT2D eigenvalue weighted by molar-refractivity contribution is -0.187. The van der Waals surface area contributed by atoms with Crippen molar-refractivity contribution in [1.82, 2.24) is 4.90 Å². The molecule has 0 aliphatic carbocycles. The predicted molar refractivity (Wildman–Crippen MR) is 70.4 cm³/mol. The number of rotatable bonds is 2. The predicted octanol–water partition coefficient (Wildman–Crippen LogP) is 3.38. The van der Waals surface area contributed by atoms with E-state index in [4.69, 9.17) is 4.74 Å². The SMILES string of the molecule is O=C(N1CCCC(Oc2ccccc2Br)C1)C(F)(F)F. The minimum Gasteiger partial charge on any atom is -0.487 e. The summed E-state index contributed by atoms with van der Waals surface area (Å²) in [7, 11) is 0. The summed E-state index contributed by atoms with van der Waals surface area (Å²) in [5.74, 6) is -1.23. The van der Waals surface area contributed by atoms with Crippen molar-refractivity contribution in [2.75, 3.05) is 13.1 Å². The van der Waals surface area contributed by atoms with Crippen molar-refractivity contribution >= 4 is 21.8 Å². The smallest absolute Gasteiger partial charge is 0.471 e. The maximum atomic E-state index is 12.4. The van der Waals surface area contributed by atoms with Gasteiger partial charge in [0.15, 0.2) is 0 Å². The lowest BCUT2D eigenvalue weighted by atomic mass is 10.1. The van der Waals surface area contributed by atoms with Crippen LogP contribution in [0.5, 0.6) is 5.75 Å². The fraction of sp³-hybridized carbons (Fsp3) is 0.462. The molecule has 1 aliphatic rings. The van der Waals surface area contributed by atoms with Crippen LogP contribution in [0.25, 0.3) is 0 Å². The minimum absolute atomic E-state index is 0.0420. The number of halogens is 4. The molecular weight excluding hydrogens is 339 g/mol. The Bertz CT molecular complexity index is 493. The van der Waals surface area contributed by atoms with E-state index in [1.165, 1.54) is 0 Å². The fourth-order valence-corrected chi connectivity index (χ4v) is 2.50. The molecule has 20 heavy (non-hydrogen) atoms. The first-order valence-corrected chi connectivity index (χ1v) is 6.94. The minimum atomic E-state index is -4.82. The zero-order valence-electron chi connectivity index (χ0n) is 10.5. The number of benzene rings is 1. The summed E-state index contributed by atoms with van der Waals surface area (Å²) in [5, 5.41) is 0. The first-order chi connectivity index (χ1) is 9.38. The van der Waals surface area contributed by atoms with Crippen LogP contribution in [-0.4, -0.2) is 36.2 Å². The van der Waals surface area contributed by atoms with E-state index in [-0.39, 0.29) is 13.1 Å². The Hall–Kier alpha value is -1.24. The third-order valence-electron chi connectivity index (χ3n) is 3.04. The normalized spacial score (nSPS) is 19.8. The Labute approximate surface area is 122 Å². The molecule has 0 aromatic heterocycles. The van der Waals surface area contributed by atoms with Crippen LogP contribution in [0, 0.1) is 0 Å². The van der Waals surface area contributed by atoms with Crippen LogP contribution in [0.2, 0.25) is 0 Å². The van der Waals surface area contributed by atoms with Crippen molar-refractivity contribution in [3.8, 4) is 5.75 Å². The van der Waals surface area contributed by atoms with E-state index in [9.17, 15) is 18.0 Å². The molecule has 1 aromatic carbocycles. The molecular formula is C13H13BrF3NO2. The number of hydrogen-bond acceptors (Lipinski definition) is 2. The largest absolute Gasteiger partial charge is 0.487 e. The topological polar surface area (TPSA) is 29.5 Å². The van der Waals surface area contributed by atoms with Gasteiger partial charge in [0.2, 0.25) is 0 Å². The number of alkyl halides is 3. The van der Waals surface area contributed by atoms with Gasteiger partial charge >= 0.3 is 12.1 Å². The molecule has 1 amide bonds. The number of carbonyl (C=O) groups excluding carboxylic acids is 1. The molecule has 2 rings (SSSR count). The quantitative estimate of drug-likeness (QED) is 0.817. The van der Waals surface area contributed by atoms with E-state index in [0.717, 1.165) is 9.37 Å². The fourth-order valence-electron chi connectivity index (χ4n) is 2.12. The average Bonchev–Trinajstić information content (AvgIpc) is 2.40. The van der Waals surface area contributed by atoms with Crippen LogP contribution in [0.4, 0.5) is 13.2 Å². The van der Waals surface area contributed by atoms with Gasteiger partial charge in [-0.1, -0.05) is 12.1 Å². The summed E-state index contributed by atoms with van der Waals surface area (Å²) in [6.45, 7) is 0.0772. The standard InChI is InChI=1S/C13H13BrF3NO2/c14-10-5-1-2-6-11(10)20-9-4-3-7-18(8-9)12(19)13(15,16)17/h1-2,5-6,9H,3-4,7-8H2.